The Balaban J connectivity index is 1.94. The fourth-order valence-electron chi connectivity index (χ4n) is 2.95. The first-order valence-corrected chi connectivity index (χ1v) is 8.61. The van der Waals surface area contributed by atoms with Crippen molar-refractivity contribution in [3.63, 3.8) is 0 Å². The Labute approximate surface area is 143 Å². The Bertz CT molecular complexity index is 564. The molecule has 0 unspecified atom stereocenters. The molecule has 0 saturated heterocycles. The smallest absolute Gasteiger partial charge is 0.407 e. The average Bonchev–Trinajstić information content (AvgIpc) is 2.84. The molecule has 2 N–H and O–H groups in total. The number of carbonyl (C=O) groups is 1. The van der Waals surface area contributed by atoms with Crippen LogP contribution in [0.4, 0.5) is 4.79 Å². The first-order valence-electron chi connectivity index (χ1n) is 8.61. The molecule has 2 rings (SSSR count). The number of hydrogen-bond acceptors (Lipinski definition) is 6. The number of rotatable bonds is 4. The summed E-state index contributed by atoms with van der Waals surface area (Å²) in [6.07, 6.45) is 2.60. The molecule has 1 saturated carbocycles. The fraction of sp³-hybridized carbons (Fsp3) is 0.824. The monoisotopic (exact) mass is 339 g/mol. The van der Waals surface area contributed by atoms with Gasteiger partial charge < -0.3 is 19.7 Å². The van der Waals surface area contributed by atoms with Crippen LogP contribution in [-0.2, 0) is 11.2 Å². The summed E-state index contributed by atoms with van der Waals surface area (Å²) < 4.78 is 10.5. The third kappa shape index (κ3) is 5.47. The molecule has 7 nitrogen and oxygen atoms in total. The van der Waals surface area contributed by atoms with Gasteiger partial charge in [0, 0.05) is 12.0 Å². The van der Waals surface area contributed by atoms with Crippen molar-refractivity contribution in [2.45, 2.75) is 89.9 Å². The first-order chi connectivity index (χ1) is 11.1. The second kappa shape index (κ2) is 7.09. The molecule has 24 heavy (non-hydrogen) atoms. The molecule has 1 aliphatic rings. The topological polar surface area (TPSA) is 97.5 Å². The summed E-state index contributed by atoms with van der Waals surface area (Å²) in [7, 11) is 0. The number of hydrogen-bond donors (Lipinski definition) is 2. The average molecular weight is 339 g/mol. The van der Waals surface area contributed by atoms with Gasteiger partial charge in [-0.05, 0) is 46.5 Å². The van der Waals surface area contributed by atoms with Crippen LogP contribution in [0.5, 0.6) is 0 Å². The van der Waals surface area contributed by atoms with Crippen LogP contribution in [0.2, 0.25) is 0 Å². The minimum Gasteiger partial charge on any atom is -0.444 e. The molecule has 0 aliphatic heterocycles. The molecule has 0 radical (unpaired) electrons. The SMILES string of the molecule is CC(C)c1noc(C[C@]2(O)CCC[C@H](NC(=O)OC(C)(C)C)C2)n1. The Morgan fingerprint density at radius 2 is 2.21 bits per heavy atom. The van der Waals surface area contributed by atoms with E-state index in [1.54, 1.807) is 0 Å². The van der Waals surface area contributed by atoms with Gasteiger partial charge in [0.2, 0.25) is 5.89 Å². The van der Waals surface area contributed by atoms with Gasteiger partial charge in [0.15, 0.2) is 5.82 Å². The van der Waals surface area contributed by atoms with E-state index in [0.29, 0.717) is 31.0 Å². The van der Waals surface area contributed by atoms with E-state index in [0.717, 1.165) is 12.8 Å². The highest BCUT2D eigenvalue weighted by Gasteiger charge is 2.37. The molecule has 0 bridgehead atoms. The van der Waals surface area contributed by atoms with Crippen LogP contribution in [0.3, 0.4) is 0 Å². The standard InChI is InChI=1S/C17H29N3O4/c1-11(2)14-19-13(24-20-14)10-17(22)8-6-7-12(9-17)18-15(21)23-16(3,4)5/h11-12,22H,6-10H2,1-5H3,(H,18,21)/t12-,17-/m0/s1. The number of aliphatic hydroxyl groups is 1. The number of amides is 1. The molecule has 0 spiro atoms. The molecule has 136 valence electrons. The lowest BCUT2D eigenvalue weighted by molar-refractivity contribution is -0.0149. The largest absolute Gasteiger partial charge is 0.444 e. The molecule has 2 atom stereocenters. The summed E-state index contributed by atoms with van der Waals surface area (Å²) in [5.74, 6) is 1.28. The fourth-order valence-corrected chi connectivity index (χ4v) is 2.95. The van der Waals surface area contributed by atoms with Crippen molar-refractivity contribution in [3.05, 3.63) is 11.7 Å². The van der Waals surface area contributed by atoms with Gasteiger partial charge in [-0.25, -0.2) is 4.79 Å². The Morgan fingerprint density at radius 3 is 2.79 bits per heavy atom. The third-order valence-corrected chi connectivity index (χ3v) is 4.02. The maximum Gasteiger partial charge on any atom is 0.407 e. The van der Waals surface area contributed by atoms with Crippen molar-refractivity contribution in [3.8, 4) is 0 Å². The van der Waals surface area contributed by atoms with Crippen molar-refractivity contribution in [1.82, 2.24) is 15.5 Å². The summed E-state index contributed by atoms with van der Waals surface area (Å²) in [5.41, 5.74) is -1.48. The van der Waals surface area contributed by atoms with Crippen LogP contribution in [-0.4, -0.2) is 38.6 Å². The van der Waals surface area contributed by atoms with E-state index in [1.165, 1.54) is 0 Å². The molecule has 1 aliphatic carbocycles. The van der Waals surface area contributed by atoms with Crippen LogP contribution < -0.4 is 5.32 Å². The van der Waals surface area contributed by atoms with Crippen LogP contribution in [0.15, 0.2) is 4.52 Å². The molecule has 1 aromatic rings. The summed E-state index contributed by atoms with van der Waals surface area (Å²) in [4.78, 5) is 16.3. The number of nitrogens with zero attached hydrogens (tertiary/aromatic N) is 2. The Morgan fingerprint density at radius 1 is 1.50 bits per heavy atom. The van der Waals surface area contributed by atoms with Crippen molar-refractivity contribution < 1.29 is 19.2 Å². The Hall–Kier alpha value is -1.63. The number of alkyl carbamates (subject to hydrolysis) is 1. The zero-order chi connectivity index (χ0) is 18.0. The summed E-state index contributed by atoms with van der Waals surface area (Å²) in [5, 5.41) is 17.7. The highest BCUT2D eigenvalue weighted by molar-refractivity contribution is 5.68. The summed E-state index contributed by atoms with van der Waals surface area (Å²) in [6, 6.07) is -0.119. The Kier molecular flexibility index (Phi) is 5.52. The second-order valence-electron chi connectivity index (χ2n) is 8.04. The number of aromatic nitrogens is 2. The van der Waals surface area contributed by atoms with E-state index in [4.69, 9.17) is 9.26 Å². The predicted molar refractivity (Wildman–Crippen MR) is 88.7 cm³/mol. The highest BCUT2D eigenvalue weighted by atomic mass is 16.6. The van der Waals surface area contributed by atoms with Crippen LogP contribution >= 0.6 is 0 Å². The van der Waals surface area contributed by atoms with Crippen molar-refractivity contribution in [2.75, 3.05) is 0 Å². The lowest BCUT2D eigenvalue weighted by Crippen LogP contribution is -2.48. The number of ether oxygens (including phenoxy) is 1. The summed E-state index contributed by atoms with van der Waals surface area (Å²) >= 11 is 0. The maximum atomic E-state index is 11.9. The molecule has 1 heterocycles. The molecular formula is C17H29N3O4. The first kappa shape index (κ1) is 18.7. The maximum absolute atomic E-state index is 11.9. The van der Waals surface area contributed by atoms with Crippen molar-refractivity contribution in [2.24, 2.45) is 0 Å². The second-order valence-corrected chi connectivity index (χ2v) is 8.04. The van der Waals surface area contributed by atoms with Crippen LogP contribution in [0.1, 0.15) is 77.9 Å². The molecule has 1 fully saturated rings. The van der Waals surface area contributed by atoms with Crippen LogP contribution in [0.25, 0.3) is 0 Å². The number of nitrogens with one attached hydrogen (secondary N) is 1. The zero-order valence-corrected chi connectivity index (χ0v) is 15.3. The van der Waals surface area contributed by atoms with Crippen molar-refractivity contribution >= 4 is 6.09 Å². The van der Waals surface area contributed by atoms with Gasteiger partial charge in [0.25, 0.3) is 0 Å². The van der Waals surface area contributed by atoms with E-state index in [9.17, 15) is 9.90 Å². The van der Waals surface area contributed by atoms with E-state index in [-0.39, 0.29) is 12.0 Å². The summed E-state index contributed by atoms with van der Waals surface area (Å²) in [6.45, 7) is 9.46. The number of carbonyl (C=O) groups excluding carboxylic acids is 1. The molecule has 1 amide bonds. The van der Waals surface area contributed by atoms with Gasteiger partial charge in [-0.3, -0.25) is 0 Å². The van der Waals surface area contributed by atoms with E-state index < -0.39 is 17.3 Å². The van der Waals surface area contributed by atoms with Gasteiger partial charge in [-0.1, -0.05) is 19.0 Å². The van der Waals surface area contributed by atoms with Gasteiger partial charge >= 0.3 is 6.09 Å². The molecular weight excluding hydrogens is 310 g/mol. The lowest BCUT2D eigenvalue weighted by Gasteiger charge is -2.36. The van der Waals surface area contributed by atoms with E-state index in [1.807, 2.05) is 34.6 Å². The van der Waals surface area contributed by atoms with Gasteiger partial charge in [-0.2, -0.15) is 4.98 Å². The third-order valence-electron chi connectivity index (χ3n) is 4.02. The van der Waals surface area contributed by atoms with E-state index in [2.05, 4.69) is 15.5 Å². The van der Waals surface area contributed by atoms with Gasteiger partial charge in [0.1, 0.15) is 5.60 Å². The highest BCUT2D eigenvalue weighted by Crippen LogP contribution is 2.31. The molecule has 0 aromatic carbocycles. The van der Waals surface area contributed by atoms with Gasteiger partial charge in [0.05, 0.1) is 12.0 Å². The lowest BCUT2D eigenvalue weighted by atomic mass is 9.79. The van der Waals surface area contributed by atoms with E-state index >= 15 is 0 Å². The normalized spacial score (nSPS) is 24.9. The zero-order valence-electron chi connectivity index (χ0n) is 15.3. The quantitative estimate of drug-likeness (QED) is 0.875. The minimum atomic E-state index is -0.946. The molecule has 1 aromatic heterocycles. The minimum absolute atomic E-state index is 0.119. The van der Waals surface area contributed by atoms with Crippen LogP contribution in [0, 0.1) is 0 Å². The molecule has 7 heteroatoms. The predicted octanol–water partition coefficient (Wildman–Crippen LogP) is 2.93. The van der Waals surface area contributed by atoms with Gasteiger partial charge in [-0.15, -0.1) is 0 Å². The van der Waals surface area contributed by atoms with Crippen molar-refractivity contribution in [1.29, 1.82) is 0 Å².